The topological polar surface area (TPSA) is 134 Å². The Morgan fingerprint density at radius 2 is 1.50 bits per heavy atom. The number of hydrogen-bond donors (Lipinski definition) is 2. The number of anilines is 1. The molecule has 1 saturated heterocycles. The first kappa shape index (κ1) is 28.2. The van der Waals surface area contributed by atoms with Gasteiger partial charge >= 0.3 is 17.6 Å². The van der Waals surface area contributed by atoms with Crippen LogP contribution in [0.1, 0.15) is 0 Å². The summed E-state index contributed by atoms with van der Waals surface area (Å²) in [5, 5.41) is 16.6. The minimum absolute atomic E-state index is 0.0802. The lowest BCUT2D eigenvalue weighted by Gasteiger charge is -2.34. The van der Waals surface area contributed by atoms with Crippen LogP contribution in [0.25, 0.3) is 38.8 Å². The number of likely N-dealkylation sites (N-methyl/N-ethyl adjacent to an activating group) is 1. The van der Waals surface area contributed by atoms with Gasteiger partial charge in [-0.1, -0.05) is 12.1 Å². The summed E-state index contributed by atoms with van der Waals surface area (Å²) in [7, 11) is 3.96. The molecule has 0 aliphatic carbocycles. The average molecular weight is 567 g/mol. The molecule has 0 unspecified atom stereocenters. The summed E-state index contributed by atoms with van der Waals surface area (Å²) in [6.07, 6.45) is 6.53. The zero-order valence-corrected chi connectivity index (χ0v) is 23.2. The number of nitrogens with zero attached hydrogens (tertiary/aromatic N) is 6. The highest BCUT2D eigenvalue weighted by Crippen LogP contribution is 2.30. The average Bonchev–Trinajstić information content (AvgIpc) is 3.27. The van der Waals surface area contributed by atoms with Crippen molar-refractivity contribution in [1.82, 2.24) is 24.0 Å². The molecule has 0 saturated carbocycles. The van der Waals surface area contributed by atoms with Crippen LogP contribution in [-0.4, -0.2) is 79.4 Å². The number of carboxylic acid groups (broad SMARTS) is 2. The van der Waals surface area contributed by atoms with Gasteiger partial charge in [-0.3, -0.25) is 19.1 Å². The molecule has 2 N–H and O–H groups in total. The van der Waals surface area contributed by atoms with E-state index >= 15 is 0 Å². The Kier molecular flexibility index (Phi) is 8.12. The lowest BCUT2D eigenvalue weighted by atomic mass is 10.0. The van der Waals surface area contributed by atoms with Crippen LogP contribution in [0.15, 0.2) is 90.1 Å². The fourth-order valence-corrected chi connectivity index (χ4v) is 4.97. The molecule has 6 rings (SSSR count). The molecular weight excluding hydrogens is 536 g/mol. The minimum Gasteiger partial charge on any atom is -0.478 e. The number of carboxylic acids is 2. The summed E-state index contributed by atoms with van der Waals surface area (Å²) in [4.78, 5) is 46.1. The van der Waals surface area contributed by atoms with Gasteiger partial charge in [-0.2, -0.15) is 0 Å². The van der Waals surface area contributed by atoms with E-state index in [1.165, 1.54) is 5.69 Å². The molecule has 4 heterocycles. The number of imidazole rings is 1. The number of carbonyl (C=O) groups is 2. The highest BCUT2D eigenvalue weighted by atomic mass is 16.4. The summed E-state index contributed by atoms with van der Waals surface area (Å²) < 4.78 is 3.48. The van der Waals surface area contributed by atoms with E-state index in [-0.39, 0.29) is 5.69 Å². The zero-order chi connectivity index (χ0) is 29.8. The second-order valence-electron chi connectivity index (χ2n) is 9.96. The molecular formula is C31H30N6O5. The van der Waals surface area contributed by atoms with Gasteiger partial charge in [-0.05, 0) is 55.1 Å². The number of rotatable bonds is 5. The lowest BCUT2D eigenvalue weighted by Crippen LogP contribution is -2.44. The second kappa shape index (κ2) is 12.1. The number of benzene rings is 2. The Labute approximate surface area is 241 Å². The smallest absolute Gasteiger partial charge is 0.333 e. The summed E-state index contributed by atoms with van der Waals surface area (Å²) in [5.41, 5.74) is 6.57. The fourth-order valence-electron chi connectivity index (χ4n) is 4.97. The number of pyridine rings is 2. The SMILES string of the molecule is CN1CCN(c2ccc(-n3c(=O)n(C)c4cnc5ccc(-c6cccnc6)cc5c43)cc2)CC1.O=C(O)/C=C\C(=O)O. The molecule has 1 aliphatic heterocycles. The quantitative estimate of drug-likeness (QED) is 0.307. The number of aryl methyl sites for hydroxylation is 1. The molecule has 3 aromatic heterocycles. The van der Waals surface area contributed by atoms with Crippen molar-refractivity contribution in [2.24, 2.45) is 7.05 Å². The highest BCUT2D eigenvalue weighted by Gasteiger charge is 2.18. The maximum absolute atomic E-state index is 13.4. The van der Waals surface area contributed by atoms with E-state index in [2.05, 4.69) is 51.1 Å². The molecule has 0 spiro atoms. The molecule has 0 atom stereocenters. The number of fused-ring (bicyclic) bond motifs is 3. The fraction of sp³-hybridized carbons (Fsp3) is 0.194. The largest absolute Gasteiger partial charge is 0.478 e. The van der Waals surface area contributed by atoms with Gasteiger partial charge in [0.1, 0.15) is 0 Å². The van der Waals surface area contributed by atoms with Crippen molar-refractivity contribution in [3.05, 3.63) is 95.8 Å². The molecule has 214 valence electrons. The predicted octanol–water partition coefficient (Wildman–Crippen LogP) is 3.40. The maximum Gasteiger partial charge on any atom is 0.333 e. The second-order valence-corrected chi connectivity index (χ2v) is 9.96. The third kappa shape index (κ3) is 5.91. The van der Waals surface area contributed by atoms with Crippen molar-refractivity contribution in [3.63, 3.8) is 0 Å². The van der Waals surface area contributed by atoms with Crippen LogP contribution in [0.5, 0.6) is 0 Å². The van der Waals surface area contributed by atoms with Crippen LogP contribution in [0.3, 0.4) is 0 Å². The number of aliphatic carboxylic acids is 2. The number of hydrogen-bond acceptors (Lipinski definition) is 7. The van der Waals surface area contributed by atoms with Gasteiger partial charge < -0.3 is 20.0 Å². The Balaban J connectivity index is 0.000000390. The molecule has 1 fully saturated rings. The zero-order valence-electron chi connectivity index (χ0n) is 23.2. The van der Waals surface area contributed by atoms with E-state index in [1.807, 2.05) is 36.5 Å². The molecule has 2 aromatic carbocycles. The lowest BCUT2D eigenvalue weighted by molar-refractivity contribution is -0.134. The van der Waals surface area contributed by atoms with Crippen LogP contribution >= 0.6 is 0 Å². The van der Waals surface area contributed by atoms with Gasteiger partial charge in [-0.15, -0.1) is 0 Å². The highest BCUT2D eigenvalue weighted by molar-refractivity contribution is 6.04. The molecule has 0 radical (unpaired) electrons. The summed E-state index contributed by atoms with van der Waals surface area (Å²) >= 11 is 0. The summed E-state index contributed by atoms with van der Waals surface area (Å²) in [5.74, 6) is -2.51. The van der Waals surface area contributed by atoms with Crippen molar-refractivity contribution in [3.8, 4) is 16.8 Å². The van der Waals surface area contributed by atoms with Crippen molar-refractivity contribution in [2.75, 3.05) is 38.1 Å². The number of piperazine rings is 1. The first-order valence-electron chi connectivity index (χ1n) is 13.3. The molecule has 0 amide bonds. The van der Waals surface area contributed by atoms with Crippen LogP contribution in [0, 0.1) is 0 Å². The molecule has 5 aromatic rings. The van der Waals surface area contributed by atoms with Crippen LogP contribution < -0.4 is 10.6 Å². The Morgan fingerprint density at radius 3 is 2.12 bits per heavy atom. The van der Waals surface area contributed by atoms with Crippen LogP contribution in [-0.2, 0) is 16.6 Å². The van der Waals surface area contributed by atoms with Gasteiger partial charge in [0, 0.05) is 74.4 Å². The predicted molar refractivity (Wildman–Crippen MR) is 161 cm³/mol. The van der Waals surface area contributed by atoms with Crippen molar-refractivity contribution in [2.45, 2.75) is 0 Å². The van der Waals surface area contributed by atoms with E-state index in [0.717, 1.165) is 64.9 Å². The monoisotopic (exact) mass is 566 g/mol. The standard InChI is InChI=1S/C27H26N6O.C4H4O4/c1-30-12-14-32(15-13-30)21-6-8-22(9-7-21)33-26-23-16-19(20-4-3-11-28-17-20)5-10-24(23)29-18-25(26)31(2)27(33)34;5-3(6)1-2-4(7)8/h3-11,16-18H,12-15H2,1-2H3;1-2H,(H,5,6)(H,7,8)/b;2-1-. The minimum atomic E-state index is -1.26. The van der Waals surface area contributed by atoms with Gasteiger partial charge in [0.2, 0.25) is 0 Å². The first-order chi connectivity index (χ1) is 20.2. The summed E-state index contributed by atoms with van der Waals surface area (Å²) in [6.45, 7) is 4.14. The van der Waals surface area contributed by atoms with Crippen LogP contribution in [0.2, 0.25) is 0 Å². The first-order valence-corrected chi connectivity index (χ1v) is 13.3. The third-order valence-corrected chi connectivity index (χ3v) is 7.22. The van der Waals surface area contributed by atoms with Crippen molar-refractivity contribution < 1.29 is 19.8 Å². The van der Waals surface area contributed by atoms with Gasteiger partial charge in [0.05, 0.1) is 28.4 Å². The maximum atomic E-state index is 13.4. The van der Waals surface area contributed by atoms with Crippen LogP contribution in [0.4, 0.5) is 5.69 Å². The Bertz CT molecular complexity index is 1820. The van der Waals surface area contributed by atoms with Gasteiger partial charge in [0.15, 0.2) is 0 Å². The van der Waals surface area contributed by atoms with Gasteiger partial charge in [0.25, 0.3) is 0 Å². The van der Waals surface area contributed by atoms with E-state index < -0.39 is 11.9 Å². The van der Waals surface area contributed by atoms with E-state index in [0.29, 0.717) is 12.2 Å². The molecule has 11 nitrogen and oxygen atoms in total. The Morgan fingerprint density at radius 1 is 0.833 bits per heavy atom. The van der Waals surface area contributed by atoms with E-state index in [9.17, 15) is 14.4 Å². The molecule has 42 heavy (non-hydrogen) atoms. The van der Waals surface area contributed by atoms with E-state index in [4.69, 9.17) is 10.2 Å². The normalized spacial score (nSPS) is 13.8. The molecule has 0 bridgehead atoms. The molecule has 11 heteroatoms. The number of aromatic nitrogens is 4. The summed E-state index contributed by atoms with van der Waals surface area (Å²) in [6, 6.07) is 18.5. The van der Waals surface area contributed by atoms with E-state index in [1.54, 1.807) is 28.6 Å². The van der Waals surface area contributed by atoms with Crippen molar-refractivity contribution in [1.29, 1.82) is 0 Å². The molecule has 1 aliphatic rings. The Hall–Kier alpha value is -5.29. The van der Waals surface area contributed by atoms with Gasteiger partial charge in [-0.25, -0.2) is 14.4 Å². The third-order valence-electron chi connectivity index (χ3n) is 7.22. The van der Waals surface area contributed by atoms with Crippen molar-refractivity contribution >= 4 is 39.6 Å².